The van der Waals surface area contributed by atoms with Crippen molar-refractivity contribution >= 4 is 5.91 Å². The number of hydrogen-bond donors (Lipinski definition) is 9. The van der Waals surface area contributed by atoms with E-state index in [9.17, 15) is 45.6 Å². The summed E-state index contributed by atoms with van der Waals surface area (Å²) >= 11 is 0. The predicted molar refractivity (Wildman–Crippen MR) is 300 cm³/mol. The van der Waals surface area contributed by atoms with Crippen LogP contribution in [0.1, 0.15) is 290 Å². The number of nitrogens with one attached hydrogen (secondary N) is 1. The highest BCUT2D eigenvalue weighted by Crippen LogP contribution is 2.30. The van der Waals surface area contributed by atoms with E-state index in [1.54, 1.807) is 0 Å². The smallest absolute Gasteiger partial charge is 0.220 e. The third-order valence-corrected chi connectivity index (χ3v) is 16.1. The maximum Gasteiger partial charge on any atom is 0.220 e. The highest BCUT2D eigenvalue weighted by atomic mass is 16.7. The van der Waals surface area contributed by atoms with Crippen LogP contribution in [0.2, 0.25) is 0 Å². The Morgan fingerprint density at radius 3 is 1.13 bits per heavy atom. The van der Waals surface area contributed by atoms with Crippen LogP contribution in [0.25, 0.3) is 0 Å². The van der Waals surface area contributed by atoms with E-state index < -0.39 is 86.8 Å². The molecule has 0 aromatic carbocycles. The van der Waals surface area contributed by atoms with Gasteiger partial charge in [-0.25, -0.2) is 0 Å². The Bertz CT molecular complexity index is 1270. The van der Waals surface area contributed by atoms with Crippen molar-refractivity contribution in [3.63, 3.8) is 0 Å². The van der Waals surface area contributed by atoms with Gasteiger partial charge < -0.3 is 65.1 Å². The summed E-state index contributed by atoms with van der Waals surface area (Å²) < 4.78 is 22.9. The molecule has 12 atom stereocenters. The van der Waals surface area contributed by atoms with Gasteiger partial charge in [0.25, 0.3) is 0 Å². The average molecular weight is 1070 g/mol. The van der Waals surface area contributed by atoms with Crippen LogP contribution in [0, 0.1) is 0 Å². The quantitative estimate of drug-likeness (QED) is 0.0259. The van der Waals surface area contributed by atoms with E-state index in [1.165, 1.54) is 212 Å². The van der Waals surface area contributed by atoms with Gasteiger partial charge in [-0.1, -0.05) is 271 Å². The topological polar surface area (TPSA) is 228 Å². The molecular weight excluding hydrogens is 955 g/mol. The molecule has 14 nitrogen and oxygen atoms in total. The van der Waals surface area contributed by atoms with Crippen LogP contribution in [-0.2, 0) is 23.7 Å². The maximum atomic E-state index is 13.3. The van der Waals surface area contributed by atoms with E-state index >= 15 is 0 Å². The van der Waals surface area contributed by atoms with Crippen molar-refractivity contribution in [2.75, 3.05) is 19.8 Å². The number of ether oxygens (including phenoxy) is 4. The highest BCUT2D eigenvalue weighted by molar-refractivity contribution is 5.76. The van der Waals surface area contributed by atoms with Crippen molar-refractivity contribution in [2.45, 2.75) is 364 Å². The van der Waals surface area contributed by atoms with Crippen LogP contribution in [0.3, 0.4) is 0 Å². The van der Waals surface area contributed by atoms with Crippen molar-refractivity contribution in [2.24, 2.45) is 0 Å². The average Bonchev–Trinajstić information content (AvgIpc) is 3.41. The van der Waals surface area contributed by atoms with Gasteiger partial charge in [0.1, 0.15) is 48.8 Å². The fourth-order valence-electron chi connectivity index (χ4n) is 10.9. The Balaban J connectivity index is 1.71. The number of aliphatic hydroxyl groups is 8. The molecule has 0 bridgehead atoms. The largest absolute Gasteiger partial charge is 0.394 e. The second-order valence-electron chi connectivity index (χ2n) is 22.9. The lowest BCUT2D eigenvalue weighted by Gasteiger charge is -2.46. The highest BCUT2D eigenvalue weighted by Gasteiger charge is 2.51. The van der Waals surface area contributed by atoms with Crippen LogP contribution >= 0.6 is 0 Å². The molecule has 9 N–H and O–H groups in total. The molecule has 2 rings (SSSR count). The Kier molecular flexibility index (Phi) is 44.6. The van der Waals surface area contributed by atoms with E-state index in [2.05, 4.69) is 19.2 Å². The summed E-state index contributed by atoms with van der Waals surface area (Å²) in [5, 5.41) is 87.4. The first kappa shape index (κ1) is 70.1. The number of rotatable bonds is 52. The molecule has 446 valence electrons. The standard InChI is InChI=1S/C61H119NO13/c1-3-5-7-9-11-13-15-17-19-21-22-23-24-25-26-27-29-30-32-34-36-38-40-42-44-50(65)49(62-53(66)45-43-41-39-37-35-33-31-28-20-18-16-14-12-10-8-6-4-2)48-72-60-58(71)56(69)59(52(47-64)74-60)75-61-57(70)55(68)54(67)51(46-63)73-61/h49-52,54-61,63-65,67-71H,3-48H2,1-2H3,(H,62,66). The summed E-state index contributed by atoms with van der Waals surface area (Å²) in [5.74, 6) is -0.199. The van der Waals surface area contributed by atoms with E-state index in [0.29, 0.717) is 12.8 Å². The Morgan fingerprint density at radius 2 is 0.760 bits per heavy atom. The minimum atomic E-state index is -1.78. The molecule has 0 radical (unpaired) electrons. The lowest BCUT2D eigenvalue weighted by atomic mass is 9.97. The Hall–Kier alpha value is -1.01. The summed E-state index contributed by atoms with van der Waals surface area (Å²) in [4.78, 5) is 13.3. The molecule has 0 spiro atoms. The second kappa shape index (κ2) is 47.8. The minimum Gasteiger partial charge on any atom is -0.394 e. The summed E-state index contributed by atoms with van der Waals surface area (Å²) in [6.07, 6.45) is 36.7. The number of amides is 1. The molecular formula is C61H119NO13. The van der Waals surface area contributed by atoms with Gasteiger partial charge in [-0.2, -0.15) is 0 Å². The number of aliphatic hydroxyl groups excluding tert-OH is 8. The molecule has 2 aliphatic heterocycles. The van der Waals surface area contributed by atoms with Gasteiger partial charge >= 0.3 is 0 Å². The molecule has 0 aromatic rings. The summed E-state index contributed by atoms with van der Waals surface area (Å²) in [6.45, 7) is 2.91. The van der Waals surface area contributed by atoms with Crippen LogP contribution in [0.4, 0.5) is 0 Å². The molecule has 2 aliphatic rings. The summed E-state index contributed by atoms with van der Waals surface area (Å²) in [7, 11) is 0. The van der Waals surface area contributed by atoms with Gasteiger partial charge in [0.2, 0.25) is 5.91 Å². The number of carbonyl (C=O) groups is 1. The van der Waals surface area contributed by atoms with Crippen LogP contribution < -0.4 is 5.32 Å². The normalized spacial score (nSPS) is 24.9. The van der Waals surface area contributed by atoms with Gasteiger partial charge in [-0.15, -0.1) is 0 Å². The van der Waals surface area contributed by atoms with Crippen LogP contribution in [-0.4, -0.2) is 140 Å². The zero-order valence-electron chi connectivity index (χ0n) is 48.1. The predicted octanol–water partition coefficient (Wildman–Crippen LogP) is 11.3. The van der Waals surface area contributed by atoms with Gasteiger partial charge in [-0.05, 0) is 12.8 Å². The van der Waals surface area contributed by atoms with Crippen LogP contribution in [0.5, 0.6) is 0 Å². The summed E-state index contributed by atoms with van der Waals surface area (Å²) in [5.41, 5.74) is 0. The van der Waals surface area contributed by atoms with Crippen molar-refractivity contribution < 1.29 is 64.6 Å². The molecule has 14 heteroatoms. The number of hydrogen-bond acceptors (Lipinski definition) is 13. The first-order valence-electron chi connectivity index (χ1n) is 31.8. The lowest BCUT2D eigenvalue weighted by Crippen LogP contribution is -2.65. The number of unbranched alkanes of at least 4 members (excludes halogenated alkanes) is 39. The van der Waals surface area contributed by atoms with E-state index in [4.69, 9.17) is 18.9 Å². The SMILES string of the molecule is CCCCCCCCCCCCCCCCCCCCCCCCCCC(O)C(COC1OC(CO)C(OC2OC(CO)C(O)C(O)C2O)C(O)C1O)NC(=O)CCCCCCCCCCCCCCCCCCC. The van der Waals surface area contributed by atoms with Crippen molar-refractivity contribution in [1.82, 2.24) is 5.32 Å². The molecule has 0 aromatic heterocycles. The first-order chi connectivity index (χ1) is 36.6. The van der Waals surface area contributed by atoms with Gasteiger partial charge in [0.05, 0.1) is 32.0 Å². The fourth-order valence-corrected chi connectivity index (χ4v) is 10.9. The van der Waals surface area contributed by atoms with Crippen molar-refractivity contribution in [1.29, 1.82) is 0 Å². The van der Waals surface area contributed by atoms with Gasteiger partial charge in [-0.3, -0.25) is 4.79 Å². The molecule has 2 heterocycles. The molecule has 1 amide bonds. The molecule has 75 heavy (non-hydrogen) atoms. The van der Waals surface area contributed by atoms with Gasteiger partial charge in [0.15, 0.2) is 12.6 Å². The number of carbonyl (C=O) groups excluding carboxylic acids is 1. The molecule has 0 saturated carbocycles. The lowest BCUT2D eigenvalue weighted by molar-refractivity contribution is -0.359. The van der Waals surface area contributed by atoms with E-state index in [0.717, 1.165) is 51.4 Å². The van der Waals surface area contributed by atoms with Gasteiger partial charge in [0, 0.05) is 6.42 Å². The summed E-state index contributed by atoms with van der Waals surface area (Å²) in [6, 6.07) is -0.823. The molecule has 2 fully saturated rings. The van der Waals surface area contributed by atoms with E-state index in [-0.39, 0.29) is 12.5 Å². The molecule has 2 saturated heterocycles. The zero-order valence-corrected chi connectivity index (χ0v) is 48.1. The Morgan fingerprint density at radius 1 is 0.427 bits per heavy atom. The van der Waals surface area contributed by atoms with E-state index in [1.807, 2.05) is 0 Å². The second-order valence-corrected chi connectivity index (χ2v) is 22.9. The third kappa shape index (κ3) is 33.4. The monoisotopic (exact) mass is 1070 g/mol. The fraction of sp³-hybridized carbons (Fsp3) is 0.984. The molecule has 0 aliphatic carbocycles. The first-order valence-corrected chi connectivity index (χ1v) is 31.8. The van der Waals surface area contributed by atoms with Crippen molar-refractivity contribution in [3.05, 3.63) is 0 Å². The minimum absolute atomic E-state index is 0.199. The van der Waals surface area contributed by atoms with Crippen molar-refractivity contribution in [3.8, 4) is 0 Å². The van der Waals surface area contributed by atoms with Crippen LogP contribution in [0.15, 0.2) is 0 Å². The Labute approximate surface area is 457 Å². The third-order valence-electron chi connectivity index (χ3n) is 16.1. The zero-order chi connectivity index (χ0) is 54.6. The maximum absolute atomic E-state index is 13.3. The molecule has 12 unspecified atom stereocenters.